The summed E-state index contributed by atoms with van der Waals surface area (Å²) >= 11 is 0. The van der Waals surface area contributed by atoms with E-state index in [9.17, 15) is 18.0 Å². The number of hydrogen-bond acceptors (Lipinski definition) is 5. The summed E-state index contributed by atoms with van der Waals surface area (Å²) < 4.78 is 46.9. The molecule has 0 radical (unpaired) electrons. The molecule has 0 spiro atoms. The van der Waals surface area contributed by atoms with E-state index in [4.69, 9.17) is 9.47 Å². The molecule has 7 nitrogen and oxygen atoms in total. The van der Waals surface area contributed by atoms with Gasteiger partial charge in [-0.1, -0.05) is 0 Å². The minimum atomic E-state index is -4.48. The first-order chi connectivity index (χ1) is 12.4. The van der Waals surface area contributed by atoms with Crippen LogP contribution in [0.5, 0.6) is 11.5 Å². The van der Waals surface area contributed by atoms with Crippen LogP contribution in [0.3, 0.4) is 0 Å². The topological polar surface area (TPSA) is 88.3 Å². The number of rotatable bonds is 5. The first-order valence-corrected chi connectivity index (χ1v) is 7.83. The van der Waals surface area contributed by atoms with Crippen LogP contribution in [0.15, 0.2) is 18.2 Å². The number of carbonyl (C=O) groups excluding carboxylic acids is 1. The standard InChI is InChI=1S/C16H17F3N4O3/c1-25-12-3-2-9(6-13(12)26-8-16(17,18)19)21-15(24)14-10-7-20-5-4-11(10)22-23-14/h2-3,6,20H,4-5,7-8H2,1H3,(H,21,24)(H,22,23). The van der Waals surface area contributed by atoms with Gasteiger partial charge in [-0.3, -0.25) is 9.89 Å². The Morgan fingerprint density at radius 2 is 2.15 bits per heavy atom. The molecule has 0 unspecified atom stereocenters. The Labute approximate surface area is 146 Å². The van der Waals surface area contributed by atoms with Gasteiger partial charge < -0.3 is 20.1 Å². The number of nitrogens with zero attached hydrogens (tertiary/aromatic N) is 1. The number of benzene rings is 1. The fourth-order valence-corrected chi connectivity index (χ4v) is 2.63. The van der Waals surface area contributed by atoms with Crippen molar-refractivity contribution in [3.8, 4) is 11.5 Å². The Morgan fingerprint density at radius 1 is 1.35 bits per heavy atom. The zero-order valence-electron chi connectivity index (χ0n) is 13.9. The highest BCUT2D eigenvalue weighted by molar-refractivity contribution is 6.04. The number of H-pyrrole nitrogens is 1. The predicted molar refractivity (Wildman–Crippen MR) is 86.5 cm³/mol. The van der Waals surface area contributed by atoms with Gasteiger partial charge >= 0.3 is 6.18 Å². The number of fused-ring (bicyclic) bond motifs is 1. The van der Waals surface area contributed by atoms with Gasteiger partial charge in [-0.25, -0.2) is 0 Å². The number of anilines is 1. The molecule has 1 aliphatic rings. The number of amides is 1. The molecule has 10 heteroatoms. The van der Waals surface area contributed by atoms with Gasteiger partial charge in [0.1, 0.15) is 0 Å². The van der Waals surface area contributed by atoms with Crippen molar-refractivity contribution in [3.63, 3.8) is 0 Å². The number of hydrogen-bond donors (Lipinski definition) is 3. The average Bonchev–Trinajstić information content (AvgIpc) is 3.03. The molecule has 3 rings (SSSR count). The van der Waals surface area contributed by atoms with E-state index in [1.54, 1.807) is 0 Å². The summed E-state index contributed by atoms with van der Waals surface area (Å²) in [5, 5.41) is 12.7. The SMILES string of the molecule is COc1ccc(NC(=O)c2n[nH]c3c2CNCC3)cc1OCC(F)(F)F. The molecule has 1 aromatic heterocycles. The molecule has 0 atom stereocenters. The van der Waals surface area contributed by atoms with Gasteiger partial charge in [-0.15, -0.1) is 0 Å². The van der Waals surface area contributed by atoms with Gasteiger partial charge in [0.05, 0.1) is 7.11 Å². The quantitative estimate of drug-likeness (QED) is 0.751. The number of carbonyl (C=O) groups is 1. The normalized spacial score (nSPS) is 13.8. The van der Waals surface area contributed by atoms with E-state index in [1.807, 2.05) is 0 Å². The van der Waals surface area contributed by atoms with E-state index in [1.165, 1.54) is 25.3 Å². The van der Waals surface area contributed by atoms with Crippen molar-refractivity contribution < 1.29 is 27.4 Å². The van der Waals surface area contributed by atoms with Crippen LogP contribution in [0.4, 0.5) is 18.9 Å². The largest absolute Gasteiger partial charge is 0.493 e. The Hall–Kier alpha value is -2.75. The van der Waals surface area contributed by atoms with Crippen molar-refractivity contribution in [1.82, 2.24) is 15.5 Å². The molecule has 2 heterocycles. The van der Waals surface area contributed by atoms with Crippen LogP contribution in [0, 0.1) is 0 Å². The van der Waals surface area contributed by atoms with Crippen LogP contribution in [-0.4, -0.2) is 42.5 Å². The van der Waals surface area contributed by atoms with Gasteiger partial charge in [0, 0.05) is 42.5 Å². The number of aromatic amines is 1. The third kappa shape index (κ3) is 4.07. The van der Waals surface area contributed by atoms with Crippen LogP contribution < -0.4 is 20.1 Å². The fourth-order valence-electron chi connectivity index (χ4n) is 2.63. The number of aromatic nitrogens is 2. The molecule has 0 fully saturated rings. The fraction of sp³-hybridized carbons (Fsp3) is 0.375. The van der Waals surface area contributed by atoms with Crippen LogP contribution in [0.1, 0.15) is 21.7 Å². The Balaban J connectivity index is 1.77. The van der Waals surface area contributed by atoms with Gasteiger partial charge in [0.15, 0.2) is 23.8 Å². The molecule has 26 heavy (non-hydrogen) atoms. The zero-order valence-corrected chi connectivity index (χ0v) is 13.9. The highest BCUT2D eigenvalue weighted by Crippen LogP contribution is 2.32. The first kappa shape index (κ1) is 18.1. The highest BCUT2D eigenvalue weighted by Gasteiger charge is 2.29. The summed E-state index contributed by atoms with van der Waals surface area (Å²) in [7, 11) is 1.32. The first-order valence-electron chi connectivity index (χ1n) is 7.83. The highest BCUT2D eigenvalue weighted by atomic mass is 19.4. The molecule has 1 aliphatic heterocycles. The van der Waals surface area contributed by atoms with E-state index < -0.39 is 18.7 Å². The van der Waals surface area contributed by atoms with Crippen LogP contribution in [0.25, 0.3) is 0 Å². The maximum Gasteiger partial charge on any atom is 0.422 e. The summed E-state index contributed by atoms with van der Waals surface area (Å²) in [6.07, 6.45) is -3.74. The number of methoxy groups -OCH3 is 1. The molecule has 0 aliphatic carbocycles. The summed E-state index contributed by atoms with van der Waals surface area (Å²) in [6.45, 7) is -0.134. The van der Waals surface area contributed by atoms with E-state index in [0.717, 1.165) is 24.2 Å². The Morgan fingerprint density at radius 3 is 2.88 bits per heavy atom. The number of alkyl halides is 3. The molecule has 0 saturated carbocycles. The lowest BCUT2D eigenvalue weighted by Gasteiger charge is -2.15. The third-order valence-electron chi connectivity index (χ3n) is 3.83. The molecular formula is C16H17F3N4O3. The van der Waals surface area contributed by atoms with Crippen LogP contribution >= 0.6 is 0 Å². The smallest absolute Gasteiger partial charge is 0.422 e. The predicted octanol–water partition coefficient (Wildman–Crippen LogP) is 2.26. The number of halogens is 3. The molecule has 0 saturated heterocycles. The van der Waals surface area contributed by atoms with Crippen molar-refractivity contribution >= 4 is 11.6 Å². The summed E-state index contributed by atoms with van der Waals surface area (Å²) in [5.41, 5.74) is 2.21. The van der Waals surface area contributed by atoms with Crippen molar-refractivity contribution in [1.29, 1.82) is 0 Å². The summed E-state index contributed by atoms with van der Waals surface area (Å²) in [6, 6.07) is 4.21. The molecule has 1 amide bonds. The van der Waals surface area contributed by atoms with Crippen molar-refractivity contribution in [2.24, 2.45) is 0 Å². The Bertz CT molecular complexity index is 805. The maximum absolute atomic E-state index is 12.5. The van der Waals surface area contributed by atoms with Gasteiger partial charge in [-0.2, -0.15) is 18.3 Å². The van der Waals surface area contributed by atoms with Crippen LogP contribution in [0.2, 0.25) is 0 Å². The molecule has 1 aromatic carbocycles. The van der Waals surface area contributed by atoms with Crippen molar-refractivity contribution in [2.75, 3.05) is 25.6 Å². The number of nitrogens with one attached hydrogen (secondary N) is 3. The molecule has 140 valence electrons. The second-order valence-electron chi connectivity index (χ2n) is 5.68. The van der Waals surface area contributed by atoms with Gasteiger partial charge in [0.25, 0.3) is 5.91 Å². The van der Waals surface area contributed by atoms with Crippen molar-refractivity contribution in [2.45, 2.75) is 19.1 Å². The molecular weight excluding hydrogens is 353 g/mol. The van der Waals surface area contributed by atoms with E-state index >= 15 is 0 Å². The van der Waals surface area contributed by atoms with Gasteiger partial charge in [-0.05, 0) is 12.1 Å². The summed E-state index contributed by atoms with van der Waals surface area (Å²) in [4.78, 5) is 12.5. The number of ether oxygens (including phenoxy) is 2. The minimum Gasteiger partial charge on any atom is -0.493 e. The van der Waals surface area contributed by atoms with Crippen LogP contribution in [-0.2, 0) is 13.0 Å². The third-order valence-corrected chi connectivity index (χ3v) is 3.83. The lowest BCUT2D eigenvalue weighted by molar-refractivity contribution is -0.153. The second-order valence-corrected chi connectivity index (χ2v) is 5.68. The minimum absolute atomic E-state index is 0.117. The lowest BCUT2D eigenvalue weighted by atomic mass is 10.1. The lowest BCUT2D eigenvalue weighted by Crippen LogP contribution is -2.25. The maximum atomic E-state index is 12.5. The molecule has 3 N–H and O–H groups in total. The zero-order chi connectivity index (χ0) is 18.7. The summed E-state index contributed by atoms with van der Waals surface area (Å²) in [5.74, 6) is -0.444. The molecule has 0 bridgehead atoms. The second kappa shape index (κ2) is 7.24. The average molecular weight is 370 g/mol. The van der Waals surface area contributed by atoms with E-state index in [0.29, 0.717) is 6.54 Å². The Kier molecular flexibility index (Phi) is 5.03. The molecule has 2 aromatic rings. The van der Waals surface area contributed by atoms with Crippen molar-refractivity contribution in [3.05, 3.63) is 35.2 Å². The monoisotopic (exact) mass is 370 g/mol. The van der Waals surface area contributed by atoms with E-state index in [2.05, 4.69) is 20.8 Å². The van der Waals surface area contributed by atoms with Gasteiger partial charge in [0.2, 0.25) is 0 Å². The van der Waals surface area contributed by atoms with E-state index in [-0.39, 0.29) is 22.9 Å².